The maximum atomic E-state index is 9.27. The van der Waals surface area contributed by atoms with E-state index in [-0.39, 0.29) is 11.1 Å². The Hall–Kier alpha value is -1.89. The SMILES string of the molecule is C=C(/C=C\CCCC(O[Si](C)(C)C(C)(C)C)C(=C)C#N)c1ccccc1. The first-order chi connectivity index (χ1) is 12.1. The largest absolute Gasteiger partial charge is 0.409 e. The molecular weight excluding hydrogens is 334 g/mol. The highest BCUT2D eigenvalue weighted by Gasteiger charge is 2.39. The molecular formula is C23H33NOSi. The highest BCUT2D eigenvalue weighted by molar-refractivity contribution is 6.74. The van der Waals surface area contributed by atoms with Crippen molar-refractivity contribution in [2.45, 2.75) is 64.3 Å². The molecule has 0 aliphatic carbocycles. The molecule has 0 aliphatic rings. The number of nitrogens with zero attached hydrogens (tertiary/aromatic N) is 1. The summed E-state index contributed by atoms with van der Waals surface area (Å²) >= 11 is 0. The van der Waals surface area contributed by atoms with Crippen molar-refractivity contribution in [1.82, 2.24) is 0 Å². The Morgan fingerprint density at radius 3 is 2.38 bits per heavy atom. The highest BCUT2D eigenvalue weighted by atomic mass is 28.4. The molecule has 0 amide bonds. The normalized spacial score (nSPS) is 13.4. The Bertz CT molecular complexity index is 674. The number of rotatable bonds is 9. The molecule has 0 N–H and O–H groups in total. The second-order valence-electron chi connectivity index (χ2n) is 8.23. The summed E-state index contributed by atoms with van der Waals surface area (Å²) in [4.78, 5) is 0. The van der Waals surface area contributed by atoms with Gasteiger partial charge >= 0.3 is 0 Å². The van der Waals surface area contributed by atoms with Crippen molar-refractivity contribution >= 4 is 13.9 Å². The van der Waals surface area contributed by atoms with Crippen LogP contribution in [-0.2, 0) is 4.43 Å². The lowest BCUT2D eigenvalue weighted by Gasteiger charge is -2.39. The fraction of sp³-hybridized carbons (Fsp3) is 0.435. The van der Waals surface area contributed by atoms with Gasteiger partial charge in [0.2, 0.25) is 0 Å². The van der Waals surface area contributed by atoms with Gasteiger partial charge in [0.25, 0.3) is 0 Å². The Labute approximate surface area is 161 Å². The summed E-state index contributed by atoms with van der Waals surface area (Å²) in [6.45, 7) is 19.1. The predicted octanol–water partition coefficient (Wildman–Crippen LogP) is 6.90. The first kappa shape index (κ1) is 22.1. The van der Waals surface area contributed by atoms with Crippen LogP contribution >= 0.6 is 0 Å². The van der Waals surface area contributed by atoms with Crippen molar-refractivity contribution in [3.63, 3.8) is 0 Å². The zero-order valence-corrected chi connectivity index (χ0v) is 18.0. The Morgan fingerprint density at radius 1 is 1.23 bits per heavy atom. The second kappa shape index (κ2) is 9.71. The molecule has 0 spiro atoms. The van der Waals surface area contributed by atoms with E-state index < -0.39 is 8.32 Å². The van der Waals surface area contributed by atoms with Gasteiger partial charge in [0.15, 0.2) is 8.32 Å². The topological polar surface area (TPSA) is 33.0 Å². The predicted molar refractivity (Wildman–Crippen MR) is 115 cm³/mol. The Balaban J connectivity index is 2.58. The van der Waals surface area contributed by atoms with Crippen LogP contribution in [0.5, 0.6) is 0 Å². The van der Waals surface area contributed by atoms with Gasteiger partial charge in [-0.15, -0.1) is 0 Å². The fourth-order valence-corrected chi connectivity index (χ4v) is 3.63. The molecule has 1 atom stereocenters. The maximum Gasteiger partial charge on any atom is 0.192 e. The lowest BCUT2D eigenvalue weighted by molar-refractivity contribution is 0.206. The molecule has 3 heteroatoms. The van der Waals surface area contributed by atoms with Crippen LogP contribution in [0.1, 0.15) is 45.6 Å². The van der Waals surface area contributed by atoms with Gasteiger partial charge in [-0.1, -0.05) is 76.4 Å². The molecule has 0 bridgehead atoms. The average molecular weight is 368 g/mol. The summed E-state index contributed by atoms with van der Waals surface area (Å²) in [5.41, 5.74) is 2.69. The van der Waals surface area contributed by atoms with Crippen molar-refractivity contribution in [1.29, 1.82) is 5.26 Å². The molecule has 2 nitrogen and oxygen atoms in total. The van der Waals surface area contributed by atoms with Crippen LogP contribution in [0.25, 0.3) is 5.57 Å². The molecule has 0 heterocycles. The number of hydrogen-bond acceptors (Lipinski definition) is 2. The van der Waals surface area contributed by atoms with E-state index >= 15 is 0 Å². The third-order valence-corrected chi connectivity index (χ3v) is 9.56. The number of hydrogen-bond donors (Lipinski definition) is 0. The van der Waals surface area contributed by atoms with Crippen LogP contribution in [0, 0.1) is 11.3 Å². The molecule has 26 heavy (non-hydrogen) atoms. The van der Waals surface area contributed by atoms with Crippen molar-refractivity contribution in [2.24, 2.45) is 0 Å². The van der Waals surface area contributed by atoms with Crippen LogP contribution < -0.4 is 0 Å². The zero-order valence-electron chi connectivity index (χ0n) is 17.0. The van der Waals surface area contributed by atoms with Crippen LogP contribution in [0.3, 0.4) is 0 Å². The molecule has 0 fully saturated rings. The van der Waals surface area contributed by atoms with Gasteiger partial charge in [0, 0.05) is 5.57 Å². The van der Waals surface area contributed by atoms with Crippen LogP contribution in [0.15, 0.2) is 61.2 Å². The van der Waals surface area contributed by atoms with Crippen LogP contribution in [-0.4, -0.2) is 14.4 Å². The summed E-state index contributed by atoms with van der Waals surface area (Å²) in [5.74, 6) is 0. The molecule has 0 aliphatic heterocycles. The van der Waals surface area contributed by atoms with E-state index in [9.17, 15) is 5.26 Å². The lowest BCUT2D eigenvalue weighted by atomic mass is 10.0. The van der Waals surface area contributed by atoms with Gasteiger partial charge in [-0.25, -0.2) is 0 Å². The van der Waals surface area contributed by atoms with Crippen molar-refractivity contribution in [3.05, 3.63) is 66.8 Å². The van der Waals surface area contributed by atoms with Gasteiger partial charge in [0.05, 0.1) is 12.2 Å². The lowest BCUT2D eigenvalue weighted by Crippen LogP contribution is -2.44. The first-order valence-electron chi connectivity index (χ1n) is 9.26. The van der Waals surface area contributed by atoms with E-state index in [4.69, 9.17) is 4.43 Å². The summed E-state index contributed by atoms with van der Waals surface area (Å²) in [5, 5.41) is 9.39. The maximum absolute atomic E-state index is 9.27. The molecule has 1 aromatic rings. The van der Waals surface area contributed by atoms with E-state index in [1.165, 1.54) is 0 Å². The van der Waals surface area contributed by atoms with Gasteiger partial charge < -0.3 is 4.43 Å². The molecule has 0 saturated heterocycles. The standard InChI is InChI=1S/C23H33NOSi/c1-19(21-15-11-9-12-16-21)14-10-8-13-17-22(20(2)18-24)25-26(6,7)23(3,4)5/h9-12,14-16,22H,1-2,8,13,17H2,3-7H3/b14-10-. The Kier molecular flexibility index (Phi) is 8.27. The smallest absolute Gasteiger partial charge is 0.192 e. The molecule has 140 valence electrons. The third-order valence-electron chi connectivity index (χ3n) is 5.08. The van der Waals surface area contributed by atoms with Gasteiger partial charge in [-0.2, -0.15) is 5.26 Å². The van der Waals surface area contributed by atoms with E-state index in [0.29, 0.717) is 5.57 Å². The third kappa shape index (κ3) is 6.78. The Morgan fingerprint density at radius 2 is 1.85 bits per heavy atom. The zero-order chi connectivity index (χ0) is 19.8. The molecule has 0 aromatic heterocycles. The molecule has 0 saturated carbocycles. The fourth-order valence-electron chi connectivity index (χ4n) is 2.30. The average Bonchev–Trinajstić information content (AvgIpc) is 2.59. The van der Waals surface area contributed by atoms with Gasteiger partial charge in [-0.3, -0.25) is 0 Å². The van der Waals surface area contributed by atoms with Crippen molar-refractivity contribution < 1.29 is 4.43 Å². The highest BCUT2D eigenvalue weighted by Crippen LogP contribution is 2.38. The summed E-state index contributed by atoms with van der Waals surface area (Å²) in [6, 6.07) is 12.4. The van der Waals surface area contributed by atoms with E-state index in [1.807, 2.05) is 18.2 Å². The van der Waals surface area contributed by atoms with E-state index in [1.54, 1.807) is 0 Å². The number of unbranched alkanes of at least 4 members (excludes halogenated alkanes) is 1. The molecule has 1 aromatic carbocycles. The van der Waals surface area contributed by atoms with Crippen LogP contribution in [0.4, 0.5) is 0 Å². The minimum Gasteiger partial charge on any atom is -0.409 e. The number of allylic oxidation sites excluding steroid dienone is 3. The summed E-state index contributed by atoms with van der Waals surface area (Å²) in [7, 11) is -1.92. The van der Waals surface area contributed by atoms with Gasteiger partial charge in [0.1, 0.15) is 0 Å². The minimum atomic E-state index is -1.92. The second-order valence-corrected chi connectivity index (χ2v) is 13.0. The van der Waals surface area contributed by atoms with Crippen molar-refractivity contribution in [3.8, 4) is 6.07 Å². The van der Waals surface area contributed by atoms with E-state index in [2.05, 4.69) is 77.4 Å². The molecule has 0 radical (unpaired) electrons. The van der Waals surface area contributed by atoms with Gasteiger partial charge in [-0.05, 0) is 48.5 Å². The quantitative estimate of drug-likeness (QED) is 0.206. The van der Waals surface area contributed by atoms with E-state index in [0.717, 1.165) is 30.4 Å². The molecule has 1 rings (SSSR count). The minimum absolute atomic E-state index is 0.119. The number of benzene rings is 1. The van der Waals surface area contributed by atoms with Crippen LogP contribution in [0.2, 0.25) is 18.1 Å². The van der Waals surface area contributed by atoms with Crippen molar-refractivity contribution in [2.75, 3.05) is 0 Å². The summed E-state index contributed by atoms with van der Waals surface area (Å²) in [6.07, 6.45) is 6.75. The monoisotopic (exact) mass is 367 g/mol. The summed E-state index contributed by atoms with van der Waals surface area (Å²) < 4.78 is 6.43. The molecule has 1 unspecified atom stereocenters. The first-order valence-corrected chi connectivity index (χ1v) is 12.2. The number of nitriles is 1.